The summed E-state index contributed by atoms with van der Waals surface area (Å²) < 4.78 is 18.8. The number of nitrogens with zero attached hydrogens (tertiary/aromatic N) is 2. The average Bonchev–Trinajstić information content (AvgIpc) is 2.29. The van der Waals surface area contributed by atoms with Crippen molar-refractivity contribution in [1.82, 2.24) is 9.97 Å². The van der Waals surface area contributed by atoms with Gasteiger partial charge in [-0.25, -0.2) is 14.4 Å². The Labute approximate surface area is 98.3 Å². The van der Waals surface area contributed by atoms with Gasteiger partial charge < -0.3 is 10.5 Å². The fraction of sp³-hybridized carbons (Fsp3) is 0.167. The molecule has 1 aromatic heterocycles. The third-order valence-electron chi connectivity index (χ3n) is 2.28. The van der Waals surface area contributed by atoms with E-state index in [1.807, 2.05) is 6.92 Å². The molecule has 2 aromatic rings. The maximum absolute atomic E-state index is 13.5. The van der Waals surface area contributed by atoms with Crippen LogP contribution >= 0.6 is 0 Å². The summed E-state index contributed by atoms with van der Waals surface area (Å²) in [5.41, 5.74) is 7.62. The Bertz CT molecular complexity index is 540. The monoisotopic (exact) mass is 233 g/mol. The molecule has 1 heterocycles. The van der Waals surface area contributed by atoms with E-state index >= 15 is 0 Å². The van der Waals surface area contributed by atoms with Crippen LogP contribution in [0.25, 0.3) is 0 Å². The molecule has 0 fully saturated rings. The highest BCUT2D eigenvalue weighted by atomic mass is 19.1. The number of anilines is 1. The topological polar surface area (TPSA) is 61.0 Å². The molecule has 0 saturated heterocycles. The molecule has 0 spiro atoms. The third-order valence-corrected chi connectivity index (χ3v) is 2.28. The minimum atomic E-state index is -0.530. The molecule has 2 N–H and O–H groups in total. The summed E-state index contributed by atoms with van der Waals surface area (Å²) in [6.45, 7) is 3.63. The van der Waals surface area contributed by atoms with Crippen LogP contribution in [0.5, 0.6) is 11.8 Å². The van der Waals surface area contributed by atoms with E-state index in [4.69, 9.17) is 10.5 Å². The number of nitrogen functional groups attached to an aromatic ring is 1. The summed E-state index contributed by atoms with van der Waals surface area (Å²) in [7, 11) is 0. The van der Waals surface area contributed by atoms with Gasteiger partial charge in [-0.3, -0.25) is 0 Å². The lowest BCUT2D eigenvalue weighted by molar-refractivity contribution is 0.410. The van der Waals surface area contributed by atoms with Crippen LogP contribution in [0.15, 0.2) is 24.5 Å². The molecule has 2 rings (SSSR count). The van der Waals surface area contributed by atoms with Crippen LogP contribution in [0.2, 0.25) is 0 Å². The lowest BCUT2D eigenvalue weighted by atomic mass is 10.2. The zero-order chi connectivity index (χ0) is 12.4. The molecule has 0 amide bonds. The van der Waals surface area contributed by atoms with Crippen molar-refractivity contribution in [2.75, 3.05) is 5.73 Å². The standard InChI is InChI=1S/C12H12FN3O/c1-7-5-15-12(16-6-7)17-11-3-8(2)10(14)4-9(11)13/h3-6H,14H2,1-2H3. The van der Waals surface area contributed by atoms with E-state index < -0.39 is 5.82 Å². The van der Waals surface area contributed by atoms with Crippen molar-refractivity contribution in [3.8, 4) is 11.8 Å². The Balaban J connectivity index is 2.30. The number of hydrogen-bond donors (Lipinski definition) is 1. The highest BCUT2D eigenvalue weighted by Crippen LogP contribution is 2.26. The molecular formula is C12H12FN3O. The second-order valence-electron chi connectivity index (χ2n) is 3.78. The van der Waals surface area contributed by atoms with Gasteiger partial charge in [0.05, 0.1) is 0 Å². The highest BCUT2D eigenvalue weighted by molar-refractivity contribution is 5.50. The smallest absolute Gasteiger partial charge is 0.321 e. The second kappa shape index (κ2) is 4.37. The van der Waals surface area contributed by atoms with Crippen molar-refractivity contribution >= 4 is 5.69 Å². The van der Waals surface area contributed by atoms with Crippen LogP contribution in [-0.4, -0.2) is 9.97 Å². The number of aryl methyl sites for hydroxylation is 2. The lowest BCUT2D eigenvalue weighted by Gasteiger charge is -2.07. The van der Waals surface area contributed by atoms with Crippen molar-refractivity contribution in [2.45, 2.75) is 13.8 Å². The van der Waals surface area contributed by atoms with E-state index in [-0.39, 0.29) is 11.8 Å². The summed E-state index contributed by atoms with van der Waals surface area (Å²) in [6, 6.07) is 2.85. The number of rotatable bonds is 2. The first-order valence-corrected chi connectivity index (χ1v) is 5.08. The minimum Gasteiger partial charge on any atom is -0.421 e. The second-order valence-corrected chi connectivity index (χ2v) is 3.78. The van der Waals surface area contributed by atoms with Crippen molar-refractivity contribution in [2.24, 2.45) is 0 Å². The number of hydrogen-bond acceptors (Lipinski definition) is 4. The maximum Gasteiger partial charge on any atom is 0.321 e. The molecule has 0 aliphatic carbocycles. The first-order valence-electron chi connectivity index (χ1n) is 5.08. The van der Waals surface area contributed by atoms with Gasteiger partial charge in [-0.15, -0.1) is 0 Å². The number of aromatic nitrogens is 2. The van der Waals surface area contributed by atoms with Crippen LogP contribution in [0, 0.1) is 19.7 Å². The summed E-state index contributed by atoms with van der Waals surface area (Å²) in [6.07, 6.45) is 3.20. The van der Waals surface area contributed by atoms with Gasteiger partial charge in [-0.05, 0) is 31.0 Å². The van der Waals surface area contributed by atoms with Gasteiger partial charge in [0.2, 0.25) is 0 Å². The van der Waals surface area contributed by atoms with E-state index in [2.05, 4.69) is 9.97 Å². The Hall–Kier alpha value is -2.17. The zero-order valence-electron chi connectivity index (χ0n) is 9.57. The molecule has 0 aliphatic rings. The Kier molecular flexibility index (Phi) is 2.91. The molecule has 5 heteroatoms. The summed E-state index contributed by atoms with van der Waals surface area (Å²) >= 11 is 0. The lowest BCUT2D eigenvalue weighted by Crippen LogP contribution is -1.97. The third kappa shape index (κ3) is 2.50. The van der Waals surface area contributed by atoms with Crippen LogP contribution in [-0.2, 0) is 0 Å². The first kappa shape index (κ1) is 11.3. The molecule has 0 saturated carbocycles. The minimum absolute atomic E-state index is 0.0700. The van der Waals surface area contributed by atoms with Gasteiger partial charge in [0, 0.05) is 24.1 Å². The van der Waals surface area contributed by atoms with Gasteiger partial charge in [0.15, 0.2) is 11.6 Å². The summed E-state index contributed by atoms with van der Waals surface area (Å²) in [5.74, 6) is -0.460. The SMILES string of the molecule is Cc1cnc(Oc2cc(C)c(N)cc2F)nc1. The molecule has 0 aliphatic heterocycles. The fourth-order valence-corrected chi connectivity index (χ4v) is 1.28. The van der Waals surface area contributed by atoms with Gasteiger partial charge in [-0.2, -0.15) is 0 Å². The van der Waals surface area contributed by atoms with Crippen molar-refractivity contribution in [3.63, 3.8) is 0 Å². The van der Waals surface area contributed by atoms with Crippen molar-refractivity contribution in [1.29, 1.82) is 0 Å². The molecular weight excluding hydrogens is 221 g/mol. The predicted molar refractivity (Wildman–Crippen MR) is 62.4 cm³/mol. The van der Waals surface area contributed by atoms with E-state index in [0.29, 0.717) is 5.69 Å². The normalized spacial score (nSPS) is 10.3. The quantitative estimate of drug-likeness (QED) is 0.810. The van der Waals surface area contributed by atoms with Gasteiger partial charge in [0.1, 0.15) is 0 Å². The van der Waals surface area contributed by atoms with Crippen LogP contribution in [0.4, 0.5) is 10.1 Å². The highest BCUT2D eigenvalue weighted by Gasteiger charge is 2.09. The maximum atomic E-state index is 13.5. The van der Waals surface area contributed by atoms with E-state index in [0.717, 1.165) is 11.1 Å². The van der Waals surface area contributed by atoms with E-state index in [1.54, 1.807) is 19.3 Å². The number of halogens is 1. The van der Waals surface area contributed by atoms with Crippen molar-refractivity contribution < 1.29 is 9.13 Å². The molecule has 4 nitrogen and oxygen atoms in total. The van der Waals surface area contributed by atoms with Gasteiger partial charge in [0.25, 0.3) is 0 Å². The Morgan fingerprint density at radius 1 is 1.18 bits per heavy atom. The molecule has 88 valence electrons. The molecule has 0 radical (unpaired) electrons. The summed E-state index contributed by atoms with van der Waals surface area (Å²) in [4.78, 5) is 7.87. The fourth-order valence-electron chi connectivity index (χ4n) is 1.28. The first-order chi connectivity index (χ1) is 8.06. The summed E-state index contributed by atoms with van der Waals surface area (Å²) in [5, 5.41) is 0. The predicted octanol–water partition coefficient (Wildman–Crippen LogP) is 2.61. The van der Waals surface area contributed by atoms with Crippen molar-refractivity contribution in [3.05, 3.63) is 41.5 Å². The Morgan fingerprint density at radius 2 is 1.82 bits per heavy atom. The largest absolute Gasteiger partial charge is 0.421 e. The molecule has 0 unspecified atom stereocenters. The molecule has 17 heavy (non-hydrogen) atoms. The number of ether oxygens (including phenoxy) is 1. The zero-order valence-corrected chi connectivity index (χ0v) is 9.57. The van der Waals surface area contributed by atoms with E-state index in [9.17, 15) is 4.39 Å². The van der Waals surface area contributed by atoms with Crippen LogP contribution in [0.3, 0.4) is 0 Å². The number of benzene rings is 1. The van der Waals surface area contributed by atoms with Gasteiger partial charge in [-0.1, -0.05) is 0 Å². The van der Waals surface area contributed by atoms with Crippen LogP contribution in [0.1, 0.15) is 11.1 Å². The van der Waals surface area contributed by atoms with E-state index in [1.165, 1.54) is 12.1 Å². The van der Waals surface area contributed by atoms with Crippen LogP contribution < -0.4 is 10.5 Å². The van der Waals surface area contributed by atoms with Gasteiger partial charge >= 0.3 is 6.01 Å². The molecule has 1 aromatic carbocycles. The molecule has 0 bridgehead atoms. The number of nitrogens with two attached hydrogens (primary N) is 1. The average molecular weight is 233 g/mol. The molecule has 0 atom stereocenters. The Morgan fingerprint density at radius 3 is 2.47 bits per heavy atom.